The molecule has 196 valence electrons. The topological polar surface area (TPSA) is 86.8 Å². The number of sulfonamides is 1. The first kappa shape index (κ1) is 28.2. The number of likely N-dealkylation sites (N-methyl/N-ethyl adjacent to an activating group) is 1. The molecule has 0 aromatic heterocycles. The molecule has 7 nitrogen and oxygen atoms in total. The van der Waals surface area contributed by atoms with Gasteiger partial charge in [-0.1, -0.05) is 72.6 Å². The lowest BCUT2D eigenvalue weighted by atomic mass is 10.1. The molecule has 0 unspecified atom stereocenters. The Morgan fingerprint density at radius 1 is 0.973 bits per heavy atom. The third kappa shape index (κ3) is 6.70. The zero-order valence-corrected chi connectivity index (χ0v) is 23.0. The highest BCUT2D eigenvalue weighted by molar-refractivity contribution is 7.92. The van der Waals surface area contributed by atoms with Crippen LogP contribution < -0.4 is 9.62 Å². The fourth-order valence-electron chi connectivity index (χ4n) is 4.08. The Balaban J connectivity index is 2.07. The van der Waals surface area contributed by atoms with Crippen LogP contribution in [0.3, 0.4) is 0 Å². The van der Waals surface area contributed by atoms with Crippen molar-refractivity contribution >= 4 is 39.1 Å². The Morgan fingerprint density at radius 3 is 2.27 bits per heavy atom. The van der Waals surface area contributed by atoms with E-state index in [0.717, 1.165) is 21.0 Å². The summed E-state index contributed by atoms with van der Waals surface area (Å²) in [6.45, 7) is 5.22. The molecule has 0 spiro atoms. The molecule has 1 atom stereocenters. The van der Waals surface area contributed by atoms with Crippen LogP contribution in [-0.4, -0.2) is 44.8 Å². The maximum atomic E-state index is 13.9. The van der Waals surface area contributed by atoms with Crippen LogP contribution in [0.5, 0.6) is 0 Å². The molecule has 3 aromatic rings. The molecule has 9 heteroatoms. The van der Waals surface area contributed by atoms with Gasteiger partial charge in [0.15, 0.2) is 0 Å². The van der Waals surface area contributed by atoms with Crippen LogP contribution in [0.1, 0.15) is 30.0 Å². The molecule has 37 heavy (non-hydrogen) atoms. The third-order valence-electron chi connectivity index (χ3n) is 6.12. The Hall–Kier alpha value is -3.36. The standard InChI is InChI=1S/C28H32ClN3O4S/c1-5-26(28(34)30-4)31(18-22-11-9-10-20(2)16-22)27(33)19-32(23-15-14-21(3)25(29)17-23)37(35,36)24-12-7-6-8-13-24/h6-17,26H,5,18-19H2,1-4H3,(H,30,34)/t26-/m1/s1. The predicted molar refractivity (Wildman–Crippen MR) is 147 cm³/mol. The summed E-state index contributed by atoms with van der Waals surface area (Å²) in [4.78, 5) is 28.1. The molecule has 0 aliphatic carbocycles. The molecule has 0 heterocycles. The van der Waals surface area contributed by atoms with Gasteiger partial charge in [0, 0.05) is 18.6 Å². The van der Waals surface area contributed by atoms with E-state index in [2.05, 4.69) is 5.32 Å². The molecule has 0 aliphatic rings. The summed E-state index contributed by atoms with van der Waals surface area (Å²) in [5, 5.41) is 3.00. The number of benzene rings is 3. The lowest BCUT2D eigenvalue weighted by Gasteiger charge is -2.33. The van der Waals surface area contributed by atoms with E-state index in [9.17, 15) is 18.0 Å². The Bertz CT molecular complexity index is 1360. The normalized spacial score (nSPS) is 12.0. The van der Waals surface area contributed by atoms with E-state index in [-0.39, 0.29) is 23.0 Å². The van der Waals surface area contributed by atoms with Crippen molar-refractivity contribution in [2.75, 3.05) is 17.9 Å². The number of rotatable bonds is 10. The number of hydrogen-bond acceptors (Lipinski definition) is 4. The highest BCUT2D eigenvalue weighted by Crippen LogP contribution is 2.28. The van der Waals surface area contributed by atoms with E-state index in [1.54, 1.807) is 30.3 Å². The van der Waals surface area contributed by atoms with Crippen LogP contribution in [0.15, 0.2) is 77.7 Å². The molecule has 0 bridgehead atoms. The summed E-state index contributed by atoms with van der Waals surface area (Å²) in [6.07, 6.45) is 0.360. The molecule has 3 rings (SSSR count). The first-order chi connectivity index (χ1) is 17.6. The molecular formula is C28H32ClN3O4S. The van der Waals surface area contributed by atoms with Crippen molar-refractivity contribution in [2.45, 2.75) is 44.7 Å². The summed E-state index contributed by atoms with van der Waals surface area (Å²) in [5.74, 6) is -0.826. The second kappa shape index (κ2) is 12.3. The minimum Gasteiger partial charge on any atom is -0.357 e. The second-order valence-corrected chi connectivity index (χ2v) is 11.1. The van der Waals surface area contributed by atoms with Crippen LogP contribution in [0.4, 0.5) is 5.69 Å². The van der Waals surface area contributed by atoms with Crippen molar-refractivity contribution in [1.82, 2.24) is 10.2 Å². The molecular weight excluding hydrogens is 510 g/mol. The van der Waals surface area contributed by atoms with Crippen molar-refractivity contribution in [3.8, 4) is 0 Å². The van der Waals surface area contributed by atoms with E-state index < -0.39 is 28.5 Å². The van der Waals surface area contributed by atoms with Crippen molar-refractivity contribution < 1.29 is 18.0 Å². The summed E-state index contributed by atoms with van der Waals surface area (Å²) in [7, 11) is -2.61. The van der Waals surface area contributed by atoms with Crippen LogP contribution in [-0.2, 0) is 26.2 Å². The molecule has 0 radical (unpaired) electrons. The van der Waals surface area contributed by atoms with Gasteiger partial charge in [-0.25, -0.2) is 8.42 Å². The fourth-order valence-corrected chi connectivity index (χ4v) is 5.68. The number of nitrogens with zero attached hydrogens (tertiary/aromatic N) is 2. The molecule has 0 fully saturated rings. The van der Waals surface area contributed by atoms with Crippen molar-refractivity contribution in [3.05, 3.63) is 94.5 Å². The maximum absolute atomic E-state index is 13.9. The average molecular weight is 542 g/mol. The molecule has 0 saturated heterocycles. The van der Waals surface area contributed by atoms with Gasteiger partial charge in [0.05, 0.1) is 10.6 Å². The quantitative estimate of drug-likeness (QED) is 0.403. The monoisotopic (exact) mass is 541 g/mol. The van der Waals surface area contributed by atoms with Gasteiger partial charge in [-0.2, -0.15) is 0 Å². The van der Waals surface area contributed by atoms with Crippen molar-refractivity contribution in [2.24, 2.45) is 0 Å². The number of amides is 2. The van der Waals surface area contributed by atoms with Gasteiger partial charge in [-0.3, -0.25) is 13.9 Å². The van der Waals surface area contributed by atoms with Gasteiger partial charge < -0.3 is 10.2 Å². The zero-order chi connectivity index (χ0) is 27.2. The van der Waals surface area contributed by atoms with Crippen molar-refractivity contribution in [1.29, 1.82) is 0 Å². The lowest BCUT2D eigenvalue weighted by Crippen LogP contribution is -2.51. The van der Waals surface area contributed by atoms with Crippen molar-refractivity contribution in [3.63, 3.8) is 0 Å². The van der Waals surface area contributed by atoms with E-state index in [4.69, 9.17) is 11.6 Å². The number of anilines is 1. The van der Waals surface area contributed by atoms with Crippen LogP contribution in [0.25, 0.3) is 0 Å². The third-order valence-corrected chi connectivity index (χ3v) is 8.32. The maximum Gasteiger partial charge on any atom is 0.264 e. The first-order valence-electron chi connectivity index (χ1n) is 12.0. The summed E-state index contributed by atoms with van der Waals surface area (Å²) in [6, 6.07) is 19.7. The summed E-state index contributed by atoms with van der Waals surface area (Å²) < 4.78 is 28.6. The highest BCUT2D eigenvalue weighted by atomic mass is 35.5. The number of nitrogens with one attached hydrogen (secondary N) is 1. The molecule has 2 amide bonds. The van der Waals surface area contributed by atoms with Gasteiger partial charge in [0.25, 0.3) is 10.0 Å². The summed E-state index contributed by atoms with van der Waals surface area (Å²) in [5.41, 5.74) is 2.89. The number of carbonyl (C=O) groups is 2. The number of hydrogen-bond donors (Lipinski definition) is 1. The minimum absolute atomic E-state index is 0.0445. The highest BCUT2D eigenvalue weighted by Gasteiger charge is 2.33. The molecule has 0 saturated carbocycles. The number of aryl methyl sites for hydroxylation is 2. The number of carbonyl (C=O) groups excluding carboxylic acids is 2. The van der Waals surface area contributed by atoms with E-state index >= 15 is 0 Å². The smallest absolute Gasteiger partial charge is 0.264 e. The van der Waals surface area contributed by atoms with E-state index in [1.807, 2.05) is 45.0 Å². The van der Waals surface area contributed by atoms with Crippen LogP contribution in [0, 0.1) is 13.8 Å². The molecule has 1 N–H and O–H groups in total. The summed E-state index contributed by atoms with van der Waals surface area (Å²) >= 11 is 6.34. The number of halogens is 1. The second-order valence-electron chi connectivity index (χ2n) is 8.81. The van der Waals surface area contributed by atoms with Crippen LogP contribution in [0.2, 0.25) is 5.02 Å². The van der Waals surface area contributed by atoms with Gasteiger partial charge in [-0.05, 0) is 55.7 Å². The Labute approximate surface area is 224 Å². The van der Waals surface area contributed by atoms with Gasteiger partial charge in [0.2, 0.25) is 11.8 Å². The predicted octanol–water partition coefficient (Wildman–Crippen LogP) is 4.71. The SMILES string of the molecule is CC[C@H](C(=O)NC)N(Cc1cccc(C)c1)C(=O)CN(c1ccc(C)c(Cl)c1)S(=O)(=O)c1ccccc1. The Morgan fingerprint density at radius 2 is 1.68 bits per heavy atom. The van der Waals surface area contributed by atoms with Gasteiger partial charge in [-0.15, -0.1) is 0 Å². The zero-order valence-electron chi connectivity index (χ0n) is 21.4. The largest absolute Gasteiger partial charge is 0.357 e. The van der Waals surface area contributed by atoms with E-state index in [1.165, 1.54) is 30.1 Å². The molecule has 3 aromatic carbocycles. The fraction of sp³-hybridized carbons (Fsp3) is 0.286. The van der Waals surface area contributed by atoms with Gasteiger partial charge >= 0.3 is 0 Å². The first-order valence-corrected chi connectivity index (χ1v) is 13.8. The average Bonchev–Trinajstić information content (AvgIpc) is 2.89. The Kier molecular flexibility index (Phi) is 9.34. The minimum atomic E-state index is -4.12. The van der Waals surface area contributed by atoms with E-state index in [0.29, 0.717) is 11.4 Å². The molecule has 0 aliphatic heterocycles. The van der Waals surface area contributed by atoms with Crippen LogP contribution >= 0.6 is 11.6 Å². The lowest BCUT2D eigenvalue weighted by molar-refractivity contribution is -0.140. The van der Waals surface area contributed by atoms with Gasteiger partial charge in [0.1, 0.15) is 12.6 Å².